The maximum atomic E-state index is 9.53. The molecule has 31 heavy (non-hydrogen) atoms. The van der Waals surface area contributed by atoms with Gasteiger partial charge in [-0.2, -0.15) is 10.5 Å². The van der Waals surface area contributed by atoms with Crippen molar-refractivity contribution in [3.8, 4) is 23.8 Å². The first kappa shape index (κ1) is 19.6. The highest BCUT2D eigenvalue weighted by molar-refractivity contribution is 6.00. The van der Waals surface area contributed by atoms with E-state index in [0.717, 1.165) is 10.8 Å². The number of anilines is 3. The van der Waals surface area contributed by atoms with Crippen LogP contribution in [-0.2, 0) is 0 Å². The van der Waals surface area contributed by atoms with Crippen molar-refractivity contribution in [3.63, 3.8) is 0 Å². The Morgan fingerprint density at radius 1 is 1.10 bits per heavy atom. The first-order chi connectivity index (χ1) is 15.0. The van der Waals surface area contributed by atoms with Gasteiger partial charge in [-0.05, 0) is 29.0 Å². The minimum absolute atomic E-state index is 0.0187. The molecule has 0 spiro atoms. The Morgan fingerprint density at radius 3 is 2.55 bits per heavy atom. The molecule has 2 aromatic carbocycles. The third-order valence-electron chi connectivity index (χ3n) is 5.08. The minimum atomic E-state index is -0.738. The van der Waals surface area contributed by atoms with Crippen molar-refractivity contribution in [2.45, 2.75) is 6.04 Å². The zero-order chi connectivity index (χ0) is 22.1. The number of methoxy groups -OCH3 is 2. The van der Waals surface area contributed by atoms with Gasteiger partial charge in [-0.15, -0.1) is 0 Å². The number of hydrogen-bond donors (Lipinski definition) is 4. The predicted octanol–water partition coefficient (Wildman–Crippen LogP) is 2.23. The summed E-state index contributed by atoms with van der Waals surface area (Å²) in [4.78, 5) is 8.94. The van der Waals surface area contributed by atoms with Gasteiger partial charge >= 0.3 is 0 Å². The van der Waals surface area contributed by atoms with Crippen LogP contribution < -0.4 is 31.6 Å². The summed E-state index contributed by atoms with van der Waals surface area (Å²) in [6, 6.07) is 10.6. The van der Waals surface area contributed by atoms with Gasteiger partial charge in [0.05, 0.1) is 19.9 Å². The van der Waals surface area contributed by atoms with Crippen LogP contribution in [0.5, 0.6) is 11.5 Å². The molecular formula is C21H18N8O2. The van der Waals surface area contributed by atoms with E-state index in [4.69, 9.17) is 26.2 Å². The molecule has 0 fully saturated rings. The first-order valence-electron chi connectivity index (χ1n) is 9.15. The zero-order valence-corrected chi connectivity index (χ0v) is 16.7. The molecule has 6 N–H and O–H groups in total. The molecule has 154 valence electrons. The average molecular weight is 414 g/mol. The van der Waals surface area contributed by atoms with Crippen molar-refractivity contribution in [2.24, 2.45) is 4.99 Å². The lowest BCUT2D eigenvalue weighted by molar-refractivity contribution is 0.408. The summed E-state index contributed by atoms with van der Waals surface area (Å²) in [6.07, 6.45) is 1.84. The van der Waals surface area contributed by atoms with Gasteiger partial charge in [0.2, 0.25) is 5.96 Å². The highest BCUT2D eigenvalue weighted by Crippen LogP contribution is 2.46. The Balaban J connectivity index is 2.10. The minimum Gasteiger partial charge on any atom is -0.497 e. The Morgan fingerprint density at radius 2 is 1.87 bits per heavy atom. The highest BCUT2D eigenvalue weighted by atomic mass is 16.5. The monoisotopic (exact) mass is 414 g/mol. The third kappa shape index (κ3) is 3.12. The molecule has 4 rings (SSSR count). The van der Waals surface area contributed by atoms with Crippen LogP contribution in [0.2, 0.25) is 0 Å². The molecule has 1 aromatic heterocycles. The number of nitrogens with two attached hydrogens (primary N) is 2. The lowest BCUT2D eigenvalue weighted by Crippen LogP contribution is -2.33. The summed E-state index contributed by atoms with van der Waals surface area (Å²) in [7, 11) is 3.13. The van der Waals surface area contributed by atoms with Crippen LogP contribution in [0, 0.1) is 22.8 Å². The molecule has 1 atom stereocenters. The Hall–Kier alpha value is -4.70. The molecule has 0 aliphatic carbocycles. The number of nitrogen functional groups attached to an aromatic ring is 2. The van der Waals surface area contributed by atoms with Gasteiger partial charge in [-0.25, -0.2) is 9.98 Å². The van der Waals surface area contributed by atoms with E-state index in [0.29, 0.717) is 28.4 Å². The fraction of sp³-hybridized carbons (Fsp3) is 0.143. The number of pyridine rings is 1. The van der Waals surface area contributed by atoms with Crippen LogP contribution in [-0.4, -0.2) is 25.2 Å². The second-order valence-electron chi connectivity index (χ2n) is 6.67. The molecule has 1 aliphatic rings. The van der Waals surface area contributed by atoms with Gasteiger partial charge in [0.25, 0.3) is 0 Å². The predicted molar refractivity (Wildman–Crippen MR) is 116 cm³/mol. The number of benzene rings is 2. The number of nitrogens with zero attached hydrogens (tertiary/aromatic N) is 4. The van der Waals surface area contributed by atoms with E-state index in [2.05, 4.69) is 20.6 Å². The number of nitriles is 2. The van der Waals surface area contributed by atoms with E-state index in [-0.39, 0.29) is 23.0 Å². The Kier molecular flexibility index (Phi) is 4.82. The van der Waals surface area contributed by atoms with Gasteiger partial charge in [-0.3, -0.25) is 5.32 Å². The summed E-state index contributed by atoms with van der Waals surface area (Å²) >= 11 is 0. The van der Waals surface area contributed by atoms with Gasteiger partial charge in [0, 0.05) is 11.1 Å². The van der Waals surface area contributed by atoms with E-state index in [1.165, 1.54) is 0 Å². The maximum absolute atomic E-state index is 9.53. The lowest BCUT2D eigenvalue weighted by Gasteiger charge is -2.28. The molecule has 3 aromatic rings. The topological polar surface area (TPSA) is 167 Å². The molecule has 1 aliphatic heterocycles. The van der Waals surface area contributed by atoms with Crippen molar-refractivity contribution in [2.75, 3.05) is 31.0 Å². The third-order valence-corrected chi connectivity index (χ3v) is 5.08. The van der Waals surface area contributed by atoms with Gasteiger partial charge < -0.3 is 26.3 Å². The molecular weight excluding hydrogens is 396 g/mol. The van der Waals surface area contributed by atoms with E-state index in [9.17, 15) is 5.26 Å². The first-order valence-corrected chi connectivity index (χ1v) is 9.15. The van der Waals surface area contributed by atoms with E-state index >= 15 is 0 Å². The fourth-order valence-electron chi connectivity index (χ4n) is 3.68. The summed E-state index contributed by atoms with van der Waals surface area (Å²) in [5.41, 5.74) is 13.6. The Labute approximate surface area is 177 Å². The molecule has 1 unspecified atom stereocenters. The zero-order valence-electron chi connectivity index (χ0n) is 16.7. The number of hydrogen-bond acceptors (Lipinski definition) is 10. The van der Waals surface area contributed by atoms with E-state index < -0.39 is 6.04 Å². The average Bonchev–Trinajstić information content (AvgIpc) is 2.77. The van der Waals surface area contributed by atoms with Crippen molar-refractivity contribution >= 4 is 34.1 Å². The number of rotatable bonds is 3. The van der Waals surface area contributed by atoms with Crippen molar-refractivity contribution in [1.82, 2.24) is 10.3 Å². The van der Waals surface area contributed by atoms with Gasteiger partial charge in [0.1, 0.15) is 40.8 Å². The number of aromatic nitrogens is 1. The Bertz CT molecular complexity index is 1310. The fourth-order valence-corrected chi connectivity index (χ4v) is 3.68. The lowest BCUT2D eigenvalue weighted by atomic mass is 9.90. The summed E-state index contributed by atoms with van der Waals surface area (Å²) in [5, 5.41) is 25.8. The smallest absolute Gasteiger partial charge is 0.211 e. The second-order valence-corrected chi connectivity index (χ2v) is 6.67. The molecule has 2 heterocycles. The SMILES string of the molecule is COc1ccc2ccc(OC)c(C3N=C(NC#N)Nc4nc(N)c(C#N)c(N)c43)c2c1. The molecule has 10 nitrogen and oxygen atoms in total. The summed E-state index contributed by atoms with van der Waals surface area (Å²) in [6.45, 7) is 0. The van der Waals surface area contributed by atoms with Crippen molar-refractivity contribution < 1.29 is 9.47 Å². The van der Waals surface area contributed by atoms with Crippen LogP contribution in [0.3, 0.4) is 0 Å². The number of aliphatic imine (C=N–C) groups is 1. The highest BCUT2D eigenvalue weighted by Gasteiger charge is 2.32. The van der Waals surface area contributed by atoms with Crippen LogP contribution in [0.25, 0.3) is 10.8 Å². The second kappa shape index (κ2) is 7.61. The molecule has 0 radical (unpaired) electrons. The largest absolute Gasteiger partial charge is 0.497 e. The molecule has 0 saturated carbocycles. The molecule has 0 bridgehead atoms. The summed E-state index contributed by atoms with van der Waals surface area (Å²) < 4.78 is 11.0. The number of ether oxygens (including phenoxy) is 2. The quantitative estimate of drug-likeness (QED) is 0.371. The summed E-state index contributed by atoms with van der Waals surface area (Å²) in [5.74, 6) is 1.64. The van der Waals surface area contributed by atoms with E-state index in [1.54, 1.807) is 14.2 Å². The van der Waals surface area contributed by atoms with Crippen LogP contribution in [0.1, 0.15) is 22.7 Å². The van der Waals surface area contributed by atoms with E-state index in [1.807, 2.05) is 42.6 Å². The van der Waals surface area contributed by atoms with Crippen LogP contribution >= 0.6 is 0 Å². The standard InChI is InChI=1S/C21H18N8O2/c1-30-11-5-3-10-4-6-14(31-2)15(12(10)7-11)18-16-17(24)13(8-22)19(25)28-20(16)29-21(27-18)26-9-23/h3-7,18H,1-2H3,(H6,24,25,26,27,28,29). The van der Waals surface area contributed by atoms with Crippen molar-refractivity contribution in [1.29, 1.82) is 10.5 Å². The molecule has 0 saturated heterocycles. The number of guanidine groups is 1. The normalized spacial score (nSPS) is 14.5. The molecule has 0 amide bonds. The van der Waals surface area contributed by atoms with Gasteiger partial charge in [-0.1, -0.05) is 12.1 Å². The number of fused-ring (bicyclic) bond motifs is 2. The maximum Gasteiger partial charge on any atom is 0.211 e. The van der Waals surface area contributed by atoms with Crippen LogP contribution in [0.15, 0.2) is 35.3 Å². The molecule has 10 heteroatoms. The number of nitrogens with one attached hydrogen (secondary N) is 2. The van der Waals surface area contributed by atoms with Gasteiger partial charge in [0.15, 0.2) is 6.19 Å². The van der Waals surface area contributed by atoms with Crippen LogP contribution in [0.4, 0.5) is 17.3 Å². The van der Waals surface area contributed by atoms with Crippen molar-refractivity contribution in [3.05, 3.63) is 47.0 Å².